The van der Waals surface area contributed by atoms with E-state index in [1.807, 2.05) is 0 Å². The van der Waals surface area contributed by atoms with Crippen LogP contribution in [-0.2, 0) is 0 Å². The highest BCUT2D eigenvalue weighted by molar-refractivity contribution is 5.09. The van der Waals surface area contributed by atoms with E-state index in [0.29, 0.717) is 5.92 Å². The Kier molecular flexibility index (Phi) is 6.22. The molecule has 1 aromatic heterocycles. The Morgan fingerprint density at radius 1 is 1.39 bits per heavy atom. The topological polar surface area (TPSA) is 42.1 Å². The lowest BCUT2D eigenvalue weighted by Gasteiger charge is -2.23. The van der Waals surface area contributed by atoms with E-state index in [1.54, 1.807) is 6.07 Å². The van der Waals surface area contributed by atoms with Gasteiger partial charge < -0.3 is 10.6 Å². The van der Waals surface area contributed by atoms with Crippen LogP contribution in [0.25, 0.3) is 0 Å². The van der Waals surface area contributed by atoms with Crippen LogP contribution in [0, 0.1) is 11.7 Å². The van der Waals surface area contributed by atoms with Crippen LogP contribution in [0.1, 0.15) is 38.9 Å². The van der Waals surface area contributed by atoms with Crippen LogP contribution in [0.3, 0.4) is 0 Å². The maximum absolute atomic E-state index is 12.8. The van der Waals surface area contributed by atoms with Crippen LogP contribution in [-0.4, -0.2) is 29.5 Å². The number of rotatable bonds is 7. The number of hydrogen-bond donors (Lipinski definition) is 1. The van der Waals surface area contributed by atoms with Gasteiger partial charge in [-0.25, -0.2) is 4.39 Å². The molecule has 1 atom stereocenters. The number of halogens is 1. The molecule has 1 aromatic rings. The molecule has 0 aliphatic rings. The van der Waals surface area contributed by atoms with Crippen LogP contribution in [0.4, 0.5) is 4.39 Å². The molecule has 3 nitrogen and oxygen atoms in total. The molecule has 1 unspecified atom stereocenters. The molecule has 0 bridgehead atoms. The lowest BCUT2D eigenvalue weighted by Crippen LogP contribution is -2.30. The van der Waals surface area contributed by atoms with Crippen molar-refractivity contribution in [3.63, 3.8) is 0 Å². The summed E-state index contributed by atoms with van der Waals surface area (Å²) in [6.07, 6.45) is 2.07. The zero-order valence-corrected chi connectivity index (χ0v) is 11.6. The normalized spacial score (nSPS) is 13.3. The Hall–Kier alpha value is -1.00. The van der Waals surface area contributed by atoms with Crippen molar-refractivity contribution >= 4 is 0 Å². The predicted molar refractivity (Wildman–Crippen MR) is 72.7 cm³/mol. The number of hydrogen-bond acceptors (Lipinski definition) is 3. The van der Waals surface area contributed by atoms with E-state index < -0.39 is 0 Å². The summed E-state index contributed by atoms with van der Waals surface area (Å²) in [6.45, 7) is 9.65. The van der Waals surface area contributed by atoms with Crippen molar-refractivity contribution in [1.82, 2.24) is 9.88 Å². The van der Waals surface area contributed by atoms with E-state index in [1.165, 1.54) is 12.3 Å². The molecule has 4 heteroatoms. The molecular formula is C14H24FN3. The zero-order valence-electron chi connectivity index (χ0n) is 11.6. The minimum atomic E-state index is -0.319. The van der Waals surface area contributed by atoms with E-state index in [4.69, 9.17) is 5.73 Å². The van der Waals surface area contributed by atoms with Gasteiger partial charge in [-0.15, -0.1) is 0 Å². The molecule has 18 heavy (non-hydrogen) atoms. The maximum atomic E-state index is 12.8. The first kappa shape index (κ1) is 15.1. The molecule has 0 fully saturated rings. The second-order valence-electron chi connectivity index (χ2n) is 5.08. The quantitative estimate of drug-likeness (QED) is 0.812. The van der Waals surface area contributed by atoms with Crippen LogP contribution in [0.5, 0.6) is 0 Å². The van der Waals surface area contributed by atoms with Crippen LogP contribution < -0.4 is 5.73 Å². The molecule has 0 spiro atoms. The van der Waals surface area contributed by atoms with E-state index in [0.717, 1.165) is 31.7 Å². The molecule has 0 saturated carbocycles. The Balaban J connectivity index is 2.44. The molecule has 0 aliphatic heterocycles. The molecule has 0 radical (unpaired) electrons. The average molecular weight is 253 g/mol. The molecule has 0 aromatic carbocycles. The monoisotopic (exact) mass is 253 g/mol. The average Bonchev–Trinajstić information content (AvgIpc) is 2.34. The predicted octanol–water partition coefficient (Wildman–Crippen LogP) is 2.59. The van der Waals surface area contributed by atoms with E-state index in [9.17, 15) is 4.39 Å². The Labute approximate surface area is 109 Å². The van der Waals surface area contributed by atoms with E-state index in [2.05, 4.69) is 30.7 Å². The fraction of sp³-hybridized carbons (Fsp3) is 0.643. The van der Waals surface area contributed by atoms with E-state index >= 15 is 0 Å². The van der Waals surface area contributed by atoms with Gasteiger partial charge in [0.15, 0.2) is 0 Å². The molecular weight excluding hydrogens is 229 g/mol. The second-order valence-corrected chi connectivity index (χ2v) is 5.08. The SMILES string of the molecule is CCN(CCC(N)c1ccc(F)cn1)CC(C)C. The number of aromatic nitrogens is 1. The Morgan fingerprint density at radius 3 is 2.61 bits per heavy atom. The van der Waals surface area contributed by atoms with Crippen molar-refractivity contribution in [1.29, 1.82) is 0 Å². The van der Waals surface area contributed by atoms with Crippen molar-refractivity contribution in [3.8, 4) is 0 Å². The maximum Gasteiger partial charge on any atom is 0.141 e. The fourth-order valence-electron chi connectivity index (χ4n) is 1.97. The van der Waals surface area contributed by atoms with Gasteiger partial charge in [-0.3, -0.25) is 4.98 Å². The first-order valence-electron chi connectivity index (χ1n) is 6.62. The third-order valence-corrected chi connectivity index (χ3v) is 2.96. The van der Waals surface area contributed by atoms with Gasteiger partial charge in [0.1, 0.15) is 5.82 Å². The molecule has 102 valence electrons. The Bertz CT molecular complexity index is 337. The van der Waals surface area contributed by atoms with Crippen LogP contribution in [0.2, 0.25) is 0 Å². The summed E-state index contributed by atoms with van der Waals surface area (Å²) in [4.78, 5) is 6.41. The lowest BCUT2D eigenvalue weighted by molar-refractivity contribution is 0.247. The summed E-state index contributed by atoms with van der Waals surface area (Å²) in [7, 11) is 0. The van der Waals surface area contributed by atoms with Crippen LogP contribution >= 0.6 is 0 Å². The number of nitrogens with zero attached hydrogens (tertiary/aromatic N) is 2. The lowest BCUT2D eigenvalue weighted by atomic mass is 10.1. The summed E-state index contributed by atoms with van der Waals surface area (Å²) in [5.74, 6) is 0.339. The standard InChI is InChI=1S/C14H24FN3/c1-4-18(10-11(2)3)8-7-13(16)14-6-5-12(15)9-17-14/h5-6,9,11,13H,4,7-8,10,16H2,1-3H3. The summed E-state index contributed by atoms with van der Waals surface area (Å²) in [5, 5.41) is 0. The highest BCUT2D eigenvalue weighted by Gasteiger charge is 2.11. The van der Waals surface area contributed by atoms with Crippen molar-refractivity contribution in [2.24, 2.45) is 11.7 Å². The highest BCUT2D eigenvalue weighted by Crippen LogP contribution is 2.12. The smallest absolute Gasteiger partial charge is 0.141 e. The van der Waals surface area contributed by atoms with Crippen LogP contribution in [0.15, 0.2) is 18.3 Å². The first-order valence-corrected chi connectivity index (χ1v) is 6.62. The minimum Gasteiger partial charge on any atom is -0.323 e. The van der Waals surface area contributed by atoms with E-state index in [-0.39, 0.29) is 11.9 Å². The molecule has 0 aliphatic carbocycles. The summed E-state index contributed by atoms with van der Waals surface area (Å²) >= 11 is 0. The van der Waals surface area contributed by atoms with Crippen molar-refractivity contribution in [2.75, 3.05) is 19.6 Å². The minimum absolute atomic E-state index is 0.119. The van der Waals surface area contributed by atoms with Gasteiger partial charge in [0.05, 0.1) is 11.9 Å². The van der Waals surface area contributed by atoms with Crippen molar-refractivity contribution in [3.05, 3.63) is 29.8 Å². The van der Waals surface area contributed by atoms with Gasteiger partial charge >= 0.3 is 0 Å². The summed E-state index contributed by atoms with van der Waals surface area (Å²) < 4.78 is 12.8. The first-order chi connectivity index (χ1) is 8.52. The van der Waals surface area contributed by atoms with Gasteiger partial charge in [-0.05, 0) is 37.6 Å². The van der Waals surface area contributed by atoms with Gasteiger partial charge in [0.25, 0.3) is 0 Å². The van der Waals surface area contributed by atoms with Gasteiger partial charge in [0, 0.05) is 12.6 Å². The molecule has 1 heterocycles. The third-order valence-electron chi connectivity index (χ3n) is 2.96. The van der Waals surface area contributed by atoms with Crippen molar-refractivity contribution < 1.29 is 4.39 Å². The zero-order chi connectivity index (χ0) is 13.5. The highest BCUT2D eigenvalue weighted by atomic mass is 19.1. The van der Waals surface area contributed by atoms with Crippen molar-refractivity contribution in [2.45, 2.75) is 33.2 Å². The molecule has 1 rings (SSSR count). The van der Waals surface area contributed by atoms with Gasteiger partial charge in [-0.1, -0.05) is 20.8 Å². The Morgan fingerprint density at radius 2 is 2.11 bits per heavy atom. The van der Waals surface area contributed by atoms with Gasteiger partial charge in [0.2, 0.25) is 0 Å². The summed E-state index contributed by atoms with van der Waals surface area (Å²) in [6, 6.07) is 2.96. The summed E-state index contributed by atoms with van der Waals surface area (Å²) in [5.41, 5.74) is 6.83. The number of pyridine rings is 1. The second kappa shape index (κ2) is 7.44. The molecule has 0 amide bonds. The van der Waals surface area contributed by atoms with Gasteiger partial charge in [-0.2, -0.15) is 0 Å². The molecule has 0 saturated heterocycles. The third kappa shape index (κ3) is 5.10. The largest absolute Gasteiger partial charge is 0.323 e. The number of nitrogens with two attached hydrogens (primary N) is 1. The fourth-order valence-corrected chi connectivity index (χ4v) is 1.97. The molecule has 2 N–H and O–H groups in total.